The lowest BCUT2D eigenvalue weighted by Crippen LogP contribution is -2.36. The lowest BCUT2D eigenvalue weighted by Gasteiger charge is -2.31. The number of hydrogen-bond donors (Lipinski definition) is 0. The Hall–Kier alpha value is -2.84. The number of hydrogen-bond acceptors (Lipinski definition) is 4. The van der Waals surface area contributed by atoms with Crippen LogP contribution in [-0.4, -0.2) is 54.3 Å². The first kappa shape index (κ1) is 31.2. The minimum atomic E-state index is 0.247. The number of Topliss-reactive ketones (excluding diaryl/α,β-unsaturated/α-hetero) is 1. The van der Waals surface area contributed by atoms with Crippen LogP contribution in [0.4, 0.5) is 0 Å². The van der Waals surface area contributed by atoms with E-state index in [1.54, 1.807) is 0 Å². The Bertz CT molecular complexity index is 854. The van der Waals surface area contributed by atoms with Gasteiger partial charge in [0.05, 0.1) is 5.76 Å². The van der Waals surface area contributed by atoms with Gasteiger partial charge in [-0.3, -0.25) is 14.5 Å². The Morgan fingerprint density at radius 2 is 1.81 bits per heavy atom. The number of terminal acetylenes is 1. The molecule has 0 bridgehead atoms. The van der Waals surface area contributed by atoms with Crippen LogP contribution < -0.4 is 0 Å². The van der Waals surface area contributed by atoms with Crippen molar-refractivity contribution in [2.24, 2.45) is 5.92 Å². The Morgan fingerprint density at radius 3 is 2.47 bits per heavy atom. The molecule has 0 aromatic rings. The van der Waals surface area contributed by atoms with Gasteiger partial charge in [-0.2, -0.15) is 0 Å². The summed E-state index contributed by atoms with van der Waals surface area (Å²) in [5, 5.41) is 0. The summed E-state index contributed by atoms with van der Waals surface area (Å²) in [4.78, 5) is 29.2. The van der Waals surface area contributed by atoms with Crippen LogP contribution in [0, 0.1) is 18.8 Å². The second kappa shape index (κ2) is 17.6. The maximum atomic E-state index is 12.8. The molecule has 3 rings (SSSR count). The third-order valence-corrected chi connectivity index (χ3v) is 6.98. The van der Waals surface area contributed by atoms with Gasteiger partial charge in [-0.05, 0) is 95.5 Å². The fraction of sp³-hybridized carbons (Fsp3) is 0.548. The molecule has 0 unspecified atom stereocenters. The molecule has 3 aliphatic rings. The van der Waals surface area contributed by atoms with Crippen molar-refractivity contribution in [2.45, 2.75) is 72.1 Å². The quantitative estimate of drug-likeness (QED) is 0.119. The fourth-order valence-corrected chi connectivity index (χ4v) is 4.95. The third-order valence-electron chi connectivity index (χ3n) is 6.98. The van der Waals surface area contributed by atoms with Crippen molar-refractivity contribution in [3.05, 3.63) is 60.1 Å². The number of piperidine rings is 1. The molecule has 0 N–H and O–H groups in total. The fourth-order valence-electron chi connectivity index (χ4n) is 4.95. The van der Waals surface area contributed by atoms with Gasteiger partial charge >= 0.3 is 0 Å². The highest BCUT2D eigenvalue weighted by Crippen LogP contribution is 2.33. The van der Waals surface area contributed by atoms with E-state index in [1.165, 1.54) is 5.57 Å². The second-order valence-electron chi connectivity index (χ2n) is 9.35. The van der Waals surface area contributed by atoms with Crippen molar-refractivity contribution >= 4 is 11.7 Å². The standard InChI is InChI=1S/C27H40N2O3.C2H4.C2H2/c1-4-5-7-22(3)32-19-18-28-16-13-23(14-17-28)9-11-26(30)21(2)20-24-10-12-27(31)29-15-6-8-25(24)29;2*1-2/h4-5,7,20,23H,6,8-19H2,1-3H3;1-2H2;1-2H/b5-4-,21-20+,22-7+;;. The van der Waals surface area contributed by atoms with Crippen LogP contribution in [0.3, 0.4) is 0 Å². The first-order valence-electron chi connectivity index (χ1n) is 13.2. The molecule has 1 amide bonds. The molecule has 0 spiro atoms. The average molecular weight is 495 g/mol. The zero-order valence-corrected chi connectivity index (χ0v) is 22.8. The zero-order valence-electron chi connectivity index (χ0n) is 22.8. The van der Waals surface area contributed by atoms with Gasteiger partial charge < -0.3 is 9.64 Å². The number of amides is 1. The van der Waals surface area contributed by atoms with Crippen molar-refractivity contribution in [3.8, 4) is 12.8 Å². The van der Waals surface area contributed by atoms with E-state index < -0.39 is 0 Å². The minimum absolute atomic E-state index is 0.247. The predicted molar refractivity (Wildman–Crippen MR) is 150 cm³/mol. The summed E-state index contributed by atoms with van der Waals surface area (Å²) in [5.74, 6) is 2.10. The molecule has 3 heterocycles. The molecule has 36 heavy (non-hydrogen) atoms. The molecule has 2 saturated heterocycles. The largest absolute Gasteiger partial charge is 0.497 e. The molecule has 5 heteroatoms. The van der Waals surface area contributed by atoms with Gasteiger partial charge in [0, 0.05) is 31.6 Å². The van der Waals surface area contributed by atoms with Gasteiger partial charge in [-0.1, -0.05) is 18.2 Å². The minimum Gasteiger partial charge on any atom is -0.497 e. The Labute approximate surface area is 219 Å². The van der Waals surface area contributed by atoms with Crippen molar-refractivity contribution in [1.82, 2.24) is 9.80 Å². The molecule has 0 atom stereocenters. The molecule has 198 valence electrons. The Kier molecular flexibility index (Phi) is 15.2. The first-order chi connectivity index (χ1) is 17.5. The van der Waals surface area contributed by atoms with Crippen molar-refractivity contribution in [3.63, 3.8) is 0 Å². The van der Waals surface area contributed by atoms with Crippen LogP contribution in [0.5, 0.6) is 0 Å². The van der Waals surface area contributed by atoms with E-state index in [0.29, 0.717) is 18.8 Å². The summed E-state index contributed by atoms with van der Waals surface area (Å²) in [5.41, 5.74) is 3.22. The van der Waals surface area contributed by atoms with Gasteiger partial charge in [-0.15, -0.1) is 26.0 Å². The Balaban J connectivity index is 0.00000154. The first-order valence-corrected chi connectivity index (χ1v) is 13.2. The van der Waals surface area contributed by atoms with E-state index in [4.69, 9.17) is 4.74 Å². The lowest BCUT2D eigenvalue weighted by molar-refractivity contribution is -0.129. The van der Waals surface area contributed by atoms with Crippen LogP contribution in [0.1, 0.15) is 72.1 Å². The normalized spacial score (nSPS) is 19.4. The van der Waals surface area contributed by atoms with Crippen molar-refractivity contribution < 1.29 is 14.3 Å². The monoisotopic (exact) mass is 494 g/mol. The summed E-state index contributed by atoms with van der Waals surface area (Å²) in [7, 11) is 0. The average Bonchev–Trinajstić information content (AvgIpc) is 3.42. The molecule has 0 saturated carbocycles. The molecular weight excluding hydrogens is 448 g/mol. The summed E-state index contributed by atoms with van der Waals surface area (Å²) >= 11 is 0. The lowest BCUT2D eigenvalue weighted by atomic mass is 9.90. The molecule has 0 aliphatic carbocycles. The summed E-state index contributed by atoms with van der Waals surface area (Å²) < 4.78 is 5.77. The highest BCUT2D eigenvalue weighted by molar-refractivity contribution is 5.95. The van der Waals surface area contributed by atoms with E-state index >= 15 is 0 Å². The number of likely N-dealkylation sites (tertiary alicyclic amines) is 1. The van der Waals surface area contributed by atoms with Gasteiger partial charge in [0.1, 0.15) is 6.61 Å². The van der Waals surface area contributed by atoms with Crippen LogP contribution >= 0.6 is 0 Å². The summed E-state index contributed by atoms with van der Waals surface area (Å²) in [6, 6.07) is 0. The van der Waals surface area contributed by atoms with Crippen LogP contribution in [0.25, 0.3) is 0 Å². The van der Waals surface area contributed by atoms with E-state index in [2.05, 4.69) is 37.0 Å². The Morgan fingerprint density at radius 1 is 1.11 bits per heavy atom. The number of nitrogens with zero attached hydrogens (tertiary/aromatic N) is 2. The van der Waals surface area contributed by atoms with Gasteiger partial charge in [0.15, 0.2) is 5.78 Å². The number of ether oxygens (including phenoxy) is 1. The number of ketones is 1. The van der Waals surface area contributed by atoms with E-state index in [9.17, 15) is 9.59 Å². The van der Waals surface area contributed by atoms with Crippen LogP contribution in [0.15, 0.2) is 60.1 Å². The van der Waals surface area contributed by atoms with E-state index in [-0.39, 0.29) is 11.7 Å². The number of carbonyl (C=O) groups excluding carboxylic acids is 2. The molecular formula is C31H46N2O3. The molecule has 0 aromatic carbocycles. The topological polar surface area (TPSA) is 49.9 Å². The maximum absolute atomic E-state index is 12.8. The van der Waals surface area contributed by atoms with Crippen LogP contribution in [-0.2, 0) is 14.3 Å². The highest BCUT2D eigenvalue weighted by Gasteiger charge is 2.29. The zero-order chi connectivity index (χ0) is 26.9. The molecule has 0 radical (unpaired) electrons. The number of fused-ring (bicyclic) bond motifs is 1. The number of rotatable bonds is 10. The maximum Gasteiger partial charge on any atom is 0.227 e. The highest BCUT2D eigenvalue weighted by atomic mass is 16.5. The summed E-state index contributed by atoms with van der Waals surface area (Å²) in [6.45, 7) is 16.7. The van der Waals surface area contributed by atoms with Crippen molar-refractivity contribution in [2.75, 3.05) is 32.8 Å². The van der Waals surface area contributed by atoms with Gasteiger partial charge in [0.25, 0.3) is 0 Å². The smallest absolute Gasteiger partial charge is 0.227 e. The predicted octanol–water partition coefficient (Wildman–Crippen LogP) is 6.21. The van der Waals surface area contributed by atoms with Gasteiger partial charge in [-0.25, -0.2) is 0 Å². The summed E-state index contributed by atoms with van der Waals surface area (Å²) in [6.07, 6.45) is 23.4. The van der Waals surface area contributed by atoms with E-state index in [1.807, 2.05) is 43.9 Å². The van der Waals surface area contributed by atoms with Crippen molar-refractivity contribution in [1.29, 1.82) is 0 Å². The SMILES string of the molecule is C#C.C/C=C\C=C(/C)OCCN1CCC(CCC(=O)/C(C)=C/C2=C3CCCN3C(=O)CC2)CC1.C=C. The number of carbonyl (C=O) groups is 2. The molecule has 3 aliphatic heterocycles. The molecule has 0 aromatic heterocycles. The number of allylic oxidation sites excluding steroid dienone is 8. The van der Waals surface area contributed by atoms with Gasteiger partial charge in [0.2, 0.25) is 5.91 Å². The van der Waals surface area contributed by atoms with E-state index in [0.717, 1.165) is 88.3 Å². The third kappa shape index (κ3) is 10.0. The second-order valence-corrected chi connectivity index (χ2v) is 9.35. The molecule has 5 nitrogen and oxygen atoms in total. The molecule has 2 fully saturated rings. The van der Waals surface area contributed by atoms with Crippen LogP contribution in [0.2, 0.25) is 0 Å².